The van der Waals surface area contributed by atoms with Gasteiger partial charge in [0.05, 0.1) is 0 Å². The molecule has 0 aliphatic heterocycles. The summed E-state index contributed by atoms with van der Waals surface area (Å²) < 4.78 is 6.22. The van der Waals surface area contributed by atoms with E-state index < -0.39 is 0 Å². The number of benzene rings is 2. The van der Waals surface area contributed by atoms with Crippen LogP contribution in [0.1, 0.15) is 17.9 Å². The molecule has 3 rings (SSSR count). The number of hydrogen-bond donors (Lipinski definition) is 1. The summed E-state index contributed by atoms with van der Waals surface area (Å²) in [7, 11) is 0. The van der Waals surface area contributed by atoms with Gasteiger partial charge in [0.1, 0.15) is 0 Å². The normalized spacial score (nSPS) is 10.6. The minimum absolute atomic E-state index is 0.0869. The molecule has 5 nitrogen and oxygen atoms in total. The maximum atomic E-state index is 12.0. The minimum atomic E-state index is -0.0869. The van der Waals surface area contributed by atoms with Gasteiger partial charge in [0.15, 0.2) is 0 Å². The number of nitrogens with one attached hydrogen (secondary N) is 1. The number of carbonyl (C=O) groups is 1. The molecule has 3 aromatic rings. The van der Waals surface area contributed by atoms with E-state index in [9.17, 15) is 4.79 Å². The second-order valence-corrected chi connectivity index (χ2v) is 6.24. The molecule has 0 radical (unpaired) electrons. The van der Waals surface area contributed by atoms with Crippen molar-refractivity contribution in [3.63, 3.8) is 0 Å². The minimum Gasteiger partial charge on any atom is -0.339 e. The Morgan fingerprint density at radius 3 is 2.75 bits per heavy atom. The van der Waals surface area contributed by atoms with Gasteiger partial charge in [0.2, 0.25) is 17.6 Å². The Morgan fingerprint density at radius 1 is 1.21 bits per heavy atom. The zero-order valence-electron chi connectivity index (χ0n) is 13.1. The van der Waals surface area contributed by atoms with Crippen LogP contribution >= 0.6 is 15.9 Å². The van der Waals surface area contributed by atoms with Gasteiger partial charge < -0.3 is 9.84 Å². The molecule has 0 saturated carbocycles. The van der Waals surface area contributed by atoms with E-state index >= 15 is 0 Å². The maximum Gasteiger partial charge on any atom is 0.227 e. The number of aryl methyl sites for hydroxylation is 2. The summed E-state index contributed by atoms with van der Waals surface area (Å²) in [5.41, 5.74) is 2.73. The Balaban J connectivity index is 1.56. The zero-order valence-corrected chi connectivity index (χ0v) is 14.7. The first-order valence-electron chi connectivity index (χ1n) is 7.56. The van der Waals surface area contributed by atoms with Crippen LogP contribution in [0.15, 0.2) is 57.5 Å². The van der Waals surface area contributed by atoms with E-state index in [0.717, 1.165) is 21.3 Å². The van der Waals surface area contributed by atoms with Crippen molar-refractivity contribution in [1.29, 1.82) is 0 Å². The van der Waals surface area contributed by atoms with E-state index in [0.29, 0.717) is 18.1 Å². The van der Waals surface area contributed by atoms with Crippen molar-refractivity contribution in [3.05, 3.63) is 64.5 Å². The number of halogens is 1. The van der Waals surface area contributed by atoms with Gasteiger partial charge in [-0.1, -0.05) is 51.4 Å². The quantitative estimate of drug-likeness (QED) is 0.707. The zero-order chi connectivity index (χ0) is 16.9. The highest BCUT2D eigenvalue weighted by Crippen LogP contribution is 2.20. The smallest absolute Gasteiger partial charge is 0.227 e. The summed E-state index contributed by atoms with van der Waals surface area (Å²) in [6.07, 6.45) is 0.687. The monoisotopic (exact) mass is 385 g/mol. The lowest BCUT2D eigenvalue weighted by molar-refractivity contribution is -0.116. The molecule has 0 fully saturated rings. The van der Waals surface area contributed by atoms with Crippen LogP contribution in [0.25, 0.3) is 11.4 Å². The van der Waals surface area contributed by atoms with Crippen LogP contribution in [-0.2, 0) is 11.2 Å². The lowest BCUT2D eigenvalue weighted by atomic mass is 10.2. The van der Waals surface area contributed by atoms with Gasteiger partial charge in [0, 0.05) is 28.6 Å². The molecule has 0 aliphatic carbocycles. The topological polar surface area (TPSA) is 68.0 Å². The van der Waals surface area contributed by atoms with Gasteiger partial charge in [-0.3, -0.25) is 4.79 Å². The maximum absolute atomic E-state index is 12.0. The average molecular weight is 386 g/mol. The van der Waals surface area contributed by atoms with Gasteiger partial charge in [-0.05, 0) is 30.7 Å². The molecular formula is C18H16BrN3O2. The summed E-state index contributed by atoms with van der Waals surface area (Å²) >= 11 is 3.44. The average Bonchev–Trinajstić information content (AvgIpc) is 3.06. The third kappa shape index (κ3) is 4.08. The van der Waals surface area contributed by atoms with E-state index in [1.807, 2.05) is 55.5 Å². The van der Waals surface area contributed by atoms with E-state index in [4.69, 9.17) is 4.52 Å². The molecule has 0 atom stereocenters. The molecule has 0 aliphatic rings. The highest BCUT2D eigenvalue weighted by molar-refractivity contribution is 9.10. The second-order valence-electron chi connectivity index (χ2n) is 5.39. The molecule has 122 valence electrons. The van der Waals surface area contributed by atoms with E-state index in [1.165, 1.54) is 0 Å². The Kier molecular flexibility index (Phi) is 5.05. The van der Waals surface area contributed by atoms with Crippen molar-refractivity contribution in [3.8, 4) is 11.4 Å². The Hall–Kier alpha value is -2.47. The fourth-order valence-electron chi connectivity index (χ4n) is 2.23. The van der Waals surface area contributed by atoms with Crippen LogP contribution in [0, 0.1) is 6.92 Å². The van der Waals surface area contributed by atoms with Gasteiger partial charge >= 0.3 is 0 Å². The first-order valence-corrected chi connectivity index (χ1v) is 8.35. The third-order valence-electron chi connectivity index (χ3n) is 3.51. The molecule has 6 heteroatoms. The summed E-state index contributed by atoms with van der Waals surface area (Å²) in [6, 6.07) is 15.3. The lowest BCUT2D eigenvalue weighted by Crippen LogP contribution is -2.12. The summed E-state index contributed by atoms with van der Waals surface area (Å²) in [4.78, 5) is 16.4. The Bertz CT molecular complexity index is 846. The van der Waals surface area contributed by atoms with Crippen LogP contribution in [0.4, 0.5) is 5.69 Å². The molecule has 1 heterocycles. The molecule has 1 aromatic heterocycles. The number of amides is 1. The van der Waals surface area contributed by atoms with E-state index in [-0.39, 0.29) is 12.3 Å². The SMILES string of the molecule is Cc1cc(NC(=O)CCc2nc(-c3ccccc3)no2)ccc1Br. The highest BCUT2D eigenvalue weighted by atomic mass is 79.9. The van der Waals surface area contributed by atoms with Crippen LogP contribution < -0.4 is 5.32 Å². The van der Waals surface area contributed by atoms with Gasteiger partial charge in [0.25, 0.3) is 0 Å². The fourth-order valence-corrected chi connectivity index (χ4v) is 2.47. The highest BCUT2D eigenvalue weighted by Gasteiger charge is 2.11. The second kappa shape index (κ2) is 7.40. The van der Waals surface area contributed by atoms with Crippen LogP contribution in [0.3, 0.4) is 0 Å². The molecule has 0 saturated heterocycles. The molecule has 1 N–H and O–H groups in total. The van der Waals surface area contributed by atoms with Crippen molar-refractivity contribution in [1.82, 2.24) is 10.1 Å². The largest absolute Gasteiger partial charge is 0.339 e. The van der Waals surface area contributed by atoms with Gasteiger partial charge in [-0.15, -0.1) is 0 Å². The summed E-state index contributed by atoms with van der Waals surface area (Å²) in [5.74, 6) is 0.904. The Labute approximate surface area is 148 Å². The predicted octanol–water partition coefficient (Wildman–Crippen LogP) is 4.38. The number of carbonyl (C=O) groups excluding carboxylic acids is 1. The third-order valence-corrected chi connectivity index (χ3v) is 4.40. The number of rotatable bonds is 5. The molecule has 0 unspecified atom stereocenters. The van der Waals surface area contributed by atoms with Crippen LogP contribution in [0.5, 0.6) is 0 Å². The van der Waals surface area contributed by atoms with Gasteiger partial charge in [-0.2, -0.15) is 4.98 Å². The van der Waals surface area contributed by atoms with E-state index in [2.05, 4.69) is 31.4 Å². The first kappa shape index (κ1) is 16.4. The van der Waals surface area contributed by atoms with Gasteiger partial charge in [-0.25, -0.2) is 0 Å². The van der Waals surface area contributed by atoms with Crippen molar-refractivity contribution in [2.75, 3.05) is 5.32 Å². The molecule has 24 heavy (non-hydrogen) atoms. The molecule has 2 aromatic carbocycles. The van der Waals surface area contributed by atoms with Crippen LogP contribution in [-0.4, -0.2) is 16.0 Å². The molecule has 1 amide bonds. The van der Waals surface area contributed by atoms with Crippen molar-refractivity contribution < 1.29 is 9.32 Å². The number of hydrogen-bond acceptors (Lipinski definition) is 4. The number of anilines is 1. The first-order chi connectivity index (χ1) is 11.6. The van der Waals surface area contributed by atoms with Crippen molar-refractivity contribution >= 4 is 27.5 Å². The van der Waals surface area contributed by atoms with Crippen molar-refractivity contribution in [2.24, 2.45) is 0 Å². The standard InChI is InChI=1S/C18H16BrN3O2/c1-12-11-14(7-8-15(12)19)20-16(23)9-10-17-21-18(22-24-17)13-5-3-2-4-6-13/h2-8,11H,9-10H2,1H3,(H,20,23). The number of nitrogens with zero attached hydrogens (tertiary/aromatic N) is 2. The lowest BCUT2D eigenvalue weighted by Gasteiger charge is -2.06. The summed E-state index contributed by atoms with van der Waals surface area (Å²) in [6.45, 7) is 1.98. The summed E-state index contributed by atoms with van der Waals surface area (Å²) in [5, 5.41) is 6.82. The van der Waals surface area contributed by atoms with Crippen molar-refractivity contribution in [2.45, 2.75) is 19.8 Å². The molecule has 0 spiro atoms. The predicted molar refractivity (Wildman–Crippen MR) is 95.6 cm³/mol. The number of aromatic nitrogens is 2. The Morgan fingerprint density at radius 2 is 2.00 bits per heavy atom. The molecular weight excluding hydrogens is 370 g/mol. The van der Waals surface area contributed by atoms with Crippen LogP contribution in [0.2, 0.25) is 0 Å². The fraction of sp³-hybridized carbons (Fsp3) is 0.167. The van der Waals surface area contributed by atoms with E-state index in [1.54, 1.807) is 0 Å². The molecule has 0 bridgehead atoms.